The molecule has 1 amide bonds. The van der Waals surface area contributed by atoms with Gasteiger partial charge in [-0.15, -0.1) is 0 Å². The molecule has 0 atom stereocenters. The van der Waals surface area contributed by atoms with Crippen LogP contribution in [-0.2, 0) is 4.79 Å². The molecule has 82 valence electrons. The Balaban J connectivity index is 2.34. The lowest BCUT2D eigenvalue weighted by Crippen LogP contribution is -2.11. The Morgan fingerprint density at radius 2 is 2.27 bits per heavy atom. The lowest BCUT2D eigenvalue weighted by molar-refractivity contribution is -0.116. The van der Waals surface area contributed by atoms with Gasteiger partial charge in [0.15, 0.2) is 0 Å². The van der Waals surface area contributed by atoms with Gasteiger partial charge in [0, 0.05) is 6.42 Å². The van der Waals surface area contributed by atoms with Crippen molar-refractivity contribution in [2.75, 3.05) is 11.1 Å². The standard InChI is InChI=1S/C11H17N3O/c1-2-3-4-5-11(15)14-9-6-7-10(12)13-8-9/h6-8H,2-5H2,1H3,(H2,12,13)(H,14,15). The van der Waals surface area contributed by atoms with Crippen LogP contribution in [0.15, 0.2) is 18.3 Å². The van der Waals surface area contributed by atoms with Gasteiger partial charge < -0.3 is 11.1 Å². The summed E-state index contributed by atoms with van der Waals surface area (Å²) in [5.74, 6) is 0.494. The van der Waals surface area contributed by atoms with E-state index in [0.29, 0.717) is 17.9 Å². The van der Waals surface area contributed by atoms with Crippen molar-refractivity contribution in [3.8, 4) is 0 Å². The van der Waals surface area contributed by atoms with Crippen LogP contribution in [0.2, 0.25) is 0 Å². The van der Waals surface area contributed by atoms with Gasteiger partial charge in [0.2, 0.25) is 5.91 Å². The zero-order chi connectivity index (χ0) is 11.1. The van der Waals surface area contributed by atoms with Crippen molar-refractivity contribution in [2.45, 2.75) is 32.6 Å². The largest absolute Gasteiger partial charge is 0.384 e. The summed E-state index contributed by atoms with van der Waals surface area (Å²) in [6, 6.07) is 3.42. The molecule has 0 radical (unpaired) electrons. The predicted octanol–water partition coefficient (Wildman–Crippen LogP) is 2.18. The first-order chi connectivity index (χ1) is 7.22. The molecule has 0 aliphatic rings. The summed E-state index contributed by atoms with van der Waals surface area (Å²) < 4.78 is 0. The van der Waals surface area contributed by atoms with E-state index in [0.717, 1.165) is 19.3 Å². The Morgan fingerprint density at radius 1 is 1.47 bits per heavy atom. The zero-order valence-electron chi connectivity index (χ0n) is 8.99. The summed E-state index contributed by atoms with van der Waals surface area (Å²) in [7, 11) is 0. The van der Waals surface area contributed by atoms with E-state index < -0.39 is 0 Å². The molecule has 15 heavy (non-hydrogen) atoms. The van der Waals surface area contributed by atoms with Crippen LogP contribution in [0.5, 0.6) is 0 Å². The Kier molecular flexibility index (Phi) is 4.60. The molecule has 1 heterocycles. The van der Waals surface area contributed by atoms with Gasteiger partial charge in [-0.25, -0.2) is 4.98 Å². The number of nitrogens with zero attached hydrogens (tertiary/aromatic N) is 1. The topological polar surface area (TPSA) is 68.0 Å². The number of hydrogen-bond acceptors (Lipinski definition) is 3. The van der Waals surface area contributed by atoms with Crippen molar-refractivity contribution < 1.29 is 4.79 Å². The van der Waals surface area contributed by atoms with E-state index in [1.54, 1.807) is 18.3 Å². The summed E-state index contributed by atoms with van der Waals surface area (Å²) in [5, 5.41) is 2.77. The minimum Gasteiger partial charge on any atom is -0.384 e. The van der Waals surface area contributed by atoms with Crippen molar-refractivity contribution >= 4 is 17.4 Å². The van der Waals surface area contributed by atoms with Gasteiger partial charge in [-0.1, -0.05) is 19.8 Å². The smallest absolute Gasteiger partial charge is 0.224 e. The average molecular weight is 207 g/mol. The quantitative estimate of drug-likeness (QED) is 0.727. The van der Waals surface area contributed by atoms with E-state index in [4.69, 9.17) is 5.73 Å². The van der Waals surface area contributed by atoms with Gasteiger partial charge in [0.05, 0.1) is 11.9 Å². The summed E-state index contributed by atoms with van der Waals surface area (Å²) in [4.78, 5) is 15.3. The summed E-state index contributed by atoms with van der Waals surface area (Å²) >= 11 is 0. The maximum atomic E-state index is 11.4. The van der Waals surface area contributed by atoms with Crippen molar-refractivity contribution in [3.05, 3.63) is 18.3 Å². The number of nitrogen functional groups attached to an aromatic ring is 1. The van der Waals surface area contributed by atoms with E-state index >= 15 is 0 Å². The van der Waals surface area contributed by atoms with Gasteiger partial charge in [-0.2, -0.15) is 0 Å². The number of rotatable bonds is 5. The van der Waals surface area contributed by atoms with E-state index in [9.17, 15) is 4.79 Å². The highest BCUT2D eigenvalue weighted by atomic mass is 16.1. The molecule has 0 fully saturated rings. The minimum absolute atomic E-state index is 0.0371. The lowest BCUT2D eigenvalue weighted by Gasteiger charge is -2.04. The van der Waals surface area contributed by atoms with Crippen LogP contribution in [0.1, 0.15) is 32.6 Å². The Morgan fingerprint density at radius 3 is 2.87 bits per heavy atom. The molecule has 1 aromatic rings. The molecule has 0 aromatic carbocycles. The number of carbonyl (C=O) groups excluding carboxylic acids is 1. The molecule has 4 nitrogen and oxygen atoms in total. The van der Waals surface area contributed by atoms with E-state index in [-0.39, 0.29) is 5.91 Å². The van der Waals surface area contributed by atoms with Gasteiger partial charge in [-0.05, 0) is 18.6 Å². The van der Waals surface area contributed by atoms with Crippen molar-refractivity contribution in [1.29, 1.82) is 0 Å². The predicted molar refractivity (Wildman–Crippen MR) is 61.4 cm³/mol. The molecular formula is C11H17N3O. The van der Waals surface area contributed by atoms with Crippen LogP contribution >= 0.6 is 0 Å². The number of aromatic nitrogens is 1. The monoisotopic (exact) mass is 207 g/mol. The molecule has 0 saturated carbocycles. The lowest BCUT2D eigenvalue weighted by atomic mass is 10.2. The maximum absolute atomic E-state index is 11.4. The molecule has 0 aliphatic carbocycles. The summed E-state index contributed by atoms with van der Waals surface area (Å²) in [6.45, 7) is 2.11. The molecule has 3 N–H and O–H groups in total. The molecule has 0 spiro atoms. The third kappa shape index (κ3) is 4.44. The third-order valence-electron chi connectivity index (χ3n) is 2.08. The van der Waals surface area contributed by atoms with E-state index in [2.05, 4.69) is 17.2 Å². The van der Waals surface area contributed by atoms with Crippen molar-refractivity contribution in [3.63, 3.8) is 0 Å². The fourth-order valence-electron chi connectivity index (χ4n) is 1.24. The second-order valence-electron chi connectivity index (χ2n) is 3.48. The van der Waals surface area contributed by atoms with Crippen LogP contribution in [0.25, 0.3) is 0 Å². The fourth-order valence-corrected chi connectivity index (χ4v) is 1.24. The van der Waals surface area contributed by atoms with Crippen LogP contribution in [0.3, 0.4) is 0 Å². The highest BCUT2D eigenvalue weighted by Crippen LogP contribution is 2.08. The molecular weight excluding hydrogens is 190 g/mol. The average Bonchev–Trinajstić information content (AvgIpc) is 2.22. The Bertz CT molecular complexity index is 308. The van der Waals surface area contributed by atoms with Gasteiger partial charge in [0.25, 0.3) is 0 Å². The third-order valence-corrected chi connectivity index (χ3v) is 2.08. The van der Waals surface area contributed by atoms with Gasteiger partial charge in [0.1, 0.15) is 5.82 Å². The van der Waals surface area contributed by atoms with Crippen LogP contribution in [0, 0.1) is 0 Å². The maximum Gasteiger partial charge on any atom is 0.224 e. The number of nitrogens with one attached hydrogen (secondary N) is 1. The minimum atomic E-state index is 0.0371. The molecule has 1 rings (SSSR count). The number of pyridine rings is 1. The summed E-state index contributed by atoms with van der Waals surface area (Å²) in [5.41, 5.74) is 6.13. The van der Waals surface area contributed by atoms with Crippen LogP contribution in [-0.4, -0.2) is 10.9 Å². The van der Waals surface area contributed by atoms with Crippen LogP contribution < -0.4 is 11.1 Å². The molecule has 0 unspecified atom stereocenters. The Hall–Kier alpha value is -1.58. The zero-order valence-corrected chi connectivity index (χ0v) is 8.99. The van der Waals surface area contributed by atoms with E-state index in [1.807, 2.05) is 0 Å². The first-order valence-corrected chi connectivity index (χ1v) is 5.23. The molecule has 1 aromatic heterocycles. The molecule has 4 heteroatoms. The van der Waals surface area contributed by atoms with E-state index in [1.165, 1.54) is 0 Å². The highest BCUT2D eigenvalue weighted by Gasteiger charge is 2.01. The number of nitrogens with two attached hydrogens (primary N) is 1. The number of amides is 1. The number of unbranched alkanes of at least 4 members (excludes halogenated alkanes) is 2. The fraction of sp³-hybridized carbons (Fsp3) is 0.455. The van der Waals surface area contributed by atoms with Crippen LogP contribution in [0.4, 0.5) is 11.5 Å². The summed E-state index contributed by atoms with van der Waals surface area (Å²) in [6.07, 6.45) is 5.28. The first kappa shape index (κ1) is 11.5. The van der Waals surface area contributed by atoms with Crippen molar-refractivity contribution in [1.82, 2.24) is 4.98 Å². The van der Waals surface area contributed by atoms with Gasteiger partial charge in [-0.3, -0.25) is 4.79 Å². The number of anilines is 2. The number of carbonyl (C=O) groups is 1. The molecule has 0 bridgehead atoms. The first-order valence-electron chi connectivity index (χ1n) is 5.23. The Labute approximate surface area is 89.9 Å². The highest BCUT2D eigenvalue weighted by molar-refractivity contribution is 5.90. The molecule has 0 aliphatic heterocycles. The SMILES string of the molecule is CCCCCC(=O)Nc1ccc(N)nc1. The second-order valence-corrected chi connectivity index (χ2v) is 3.48. The second kappa shape index (κ2) is 6.01. The number of hydrogen-bond donors (Lipinski definition) is 2. The van der Waals surface area contributed by atoms with Gasteiger partial charge >= 0.3 is 0 Å². The molecule has 0 saturated heterocycles. The normalized spacial score (nSPS) is 9.93. The van der Waals surface area contributed by atoms with Crippen molar-refractivity contribution in [2.24, 2.45) is 0 Å².